The number of rotatable bonds is 0. The first kappa shape index (κ1) is 56.6. The van der Waals surface area contributed by atoms with Crippen LogP contribution in [0.1, 0.15) is 20.8 Å². The number of hydrogen-bond donors (Lipinski definition) is 3. The second kappa shape index (κ2) is 46.2. The summed E-state index contributed by atoms with van der Waals surface area (Å²) in [5.41, 5.74) is 0. The van der Waals surface area contributed by atoms with Gasteiger partial charge < -0.3 is 37.2 Å². The second-order valence-electron chi connectivity index (χ2n) is 1.56. The van der Waals surface area contributed by atoms with Gasteiger partial charge >= 0.3 is 0 Å². The SMILES string of the molecule is CC(=O)O.CC(=O)O.CC(=O)O.O.O.O.O.[Ru]. The number of hydrogen-bond acceptors (Lipinski definition) is 3. The first-order chi connectivity index (χ1) is 5.20. The molecule has 0 aromatic carbocycles. The molecule has 11 heteroatoms. The van der Waals surface area contributed by atoms with Gasteiger partial charge in [-0.05, 0) is 0 Å². The third-order valence-electron chi connectivity index (χ3n) is 0. The van der Waals surface area contributed by atoms with Gasteiger partial charge in [-0.2, -0.15) is 0 Å². The van der Waals surface area contributed by atoms with Crippen molar-refractivity contribution in [2.45, 2.75) is 20.8 Å². The Balaban J connectivity index is -0.0000000104. The third-order valence-corrected chi connectivity index (χ3v) is 0. The Labute approximate surface area is 110 Å². The maximum Gasteiger partial charge on any atom is 0.300 e. The normalized spacial score (nSPS) is 4.41. The van der Waals surface area contributed by atoms with E-state index in [1.165, 1.54) is 0 Å². The molecule has 112 valence electrons. The third kappa shape index (κ3) is 1940. The van der Waals surface area contributed by atoms with Gasteiger partial charge in [-0.1, -0.05) is 0 Å². The van der Waals surface area contributed by atoms with Crippen molar-refractivity contribution in [2.24, 2.45) is 0 Å². The van der Waals surface area contributed by atoms with Crippen LogP contribution < -0.4 is 0 Å². The molecule has 11 N–H and O–H groups in total. The van der Waals surface area contributed by atoms with Crippen molar-refractivity contribution in [1.82, 2.24) is 0 Å². The van der Waals surface area contributed by atoms with E-state index >= 15 is 0 Å². The van der Waals surface area contributed by atoms with Gasteiger partial charge in [0.15, 0.2) is 0 Å². The predicted molar refractivity (Wildman–Crippen MR) is 54.4 cm³/mol. The molecule has 0 bridgehead atoms. The zero-order valence-corrected chi connectivity index (χ0v) is 11.2. The number of aliphatic carboxylic acids is 3. The van der Waals surface area contributed by atoms with E-state index in [2.05, 4.69) is 0 Å². The summed E-state index contributed by atoms with van der Waals surface area (Å²) < 4.78 is 0. The Kier molecular flexibility index (Phi) is 154. The van der Waals surface area contributed by atoms with Crippen LogP contribution in [0.5, 0.6) is 0 Å². The first-order valence-corrected chi connectivity index (χ1v) is 2.78. The molecule has 0 aromatic heterocycles. The van der Waals surface area contributed by atoms with Crippen LogP contribution >= 0.6 is 0 Å². The van der Waals surface area contributed by atoms with E-state index in [0.29, 0.717) is 0 Å². The summed E-state index contributed by atoms with van der Waals surface area (Å²) in [5, 5.41) is 22.2. The van der Waals surface area contributed by atoms with Gasteiger partial charge in [0.25, 0.3) is 17.9 Å². The van der Waals surface area contributed by atoms with Crippen molar-refractivity contribution in [3.8, 4) is 0 Å². The molecule has 0 spiro atoms. The molecule has 0 amide bonds. The minimum Gasteiger partial charge on any atom is -0.481 e. The minimum atomic E-state index is -0.833. The molecule has 10 nitrogen and oxygen atoms in total. The summed E-state index contributed by atoms with van der Waals surface area (Å²) in [6.07, 6.45) is 0. The molecule has 0 rings (SSSR count). The van der Waals surface area contributed by atoms with Gasteiger partial charge in [-0.3, -0.25) is 14.4 Å². The van der Waals surface area contributed by atoms with E-state index in [-0.39, 0.29) is 41.4 Å². The molecule has 0 unspecified atom stereocenters. The van der Waals surface area contributed by atoms with E-state index in [9.17, 15) is 0 Å². The Hall–Kier alpha value is -1.13. The summed E-state index contributed by atoms with van der Waals surface area (Å²) in [5.74, 6) is -2.50. The zero-order chi connectivity index (χ0) is 10.7. The fraction of sp³-hybridized carbons (Fsp3) is 0.500. The Morgan fingerprint density at radius 2 is 0.588 bits per heavy atom. The van der Waals surface area contributed by atoms with Gasteiger partial charge in [-0.15, -0.1) is 0 Å². The van der Waals surface area contributed by atoms with E-state index < -0.39 is 17.9 Å². The van der Waals surface area contributed by atoms with E-state index in [1.54, 1.807) is 0 Å². The molecule has 0 aliphatic rings. The fourth-order valence-electron chi connectivity index (χ4n) is 0. The van der Waals surface area contributed by atoms with Crippen molar-refractivity contribution in [1.29, 1.82) is 0 Å². The summed E-state index contributed by atoms with van der Waals surface area (Å²) in [4.78, 5) is 27.0. The van der Waals surface area contributed by atoms with E-state index in [4.69, 9.17) is 29.7 Å². The summed E-state index contributed by atoms with van der Waals surface area (Å²) in [6, 6.07) is 0. The molecular formula is C6H20O10Ru. The van der Waals surface area contributed by atoms with Gasteiger partial charge in [-0.25, -0.2) is 0 Å². The van der Waals surface area contributed by atoms with Crippen molar-refractivity contribution < 1.29 is 71.1 Å². The predicted octanol–water partition coefficient (Wildman–Crippen LogP) is -3.03. The van der Waals surface area contributed by atoms with Crippen LogP contribution in [0.2, 0.25) is 0 Å². The van der Waals surface area contributed by atoms with Crippen LogP contribution in [0.3, 0.4) is 0 Å². The van der Waals surface area contributed by atoms with Crippen LogP contribution in [0.4, 0.5) is 0 Å². The van der Waals surface area contributed by atoms with Crippen LogP contribution in [0.15, 0.2) is 0 Å². The zero-order valence-electron chi connectivity index (χ0n) is 9.42. The standard InChI is InChI=1S/3C2H4O2.4H2O.Ru/c3*1-2(3)4;;;;;/h3*1H3,(H,3,4);4*1H2;. The Morgan fingerprint density at radius 3 is 0.588 bits per heavy atom. The van der Waals surface area contributed by atoms with Crippen molar-refractivity contribution in [3.05, 3.63) is 0 Å². The molecule has 0 saturated heterocycles. The summed E-state index contributed by atoms with van der Waals surface area (Å²) in [6.45, 7) is 3.25. The van der Waals surface area contributed by atoms with Gasteiger partial charge in [0.05, 0.1) is 0 Å². The largest absolute Gasteiger partial charge is 0.481 e. The fourth-order valence-corrected chi connectivity index (χ4v) is 0. The molecule has 0 heterocycles. The van der Waals surface area contributed by atoms with Crippen LogP contribution in [0.25, 0.3) is 0 Å². The molecule has 0 aliphatic carbocycles. The van der Waals surface area contributed by atoms with Crippen LogP contribution in [0, 0.1) is 0 Å². The first-order valence-electron chi connectivity index (χ1n) is 2.78. The Bertz CT molecular complexity index is 118. The molecule has 0 atom stereocenters. The second-order valence-corrected chi connectivity index (χ2v) is 1.56. The van der Waals surface area contributed by atoms with Gasteiger partial charge in [0.1, 0.15) is 0 Å². The molecule has 0 fully saturated rings. The molecule has 17 heavy (non-hydrogen) atoms. The van der Waals surface area contributed by atoms with Crippen LogP contribution in [-0.4, -0.2) is 55.1 Å². The minimum absolute atomic E-state index is 0. The van der Waals surface area contributed by atoms with Gasteiger partial charge in [0, 0.05) is 40.2 Å². The number of carboxylic acids is 3. The van der Waals surface area contributed by atoms with Crippen molar-refractivity contribution >= 4 is 17.9 Å². The average molecular weight is 353 g/mol. The van der Waals surface area contributed by atoms with Crippen molar-refractivity contribution in [2.75, 3.05) is 0 Å². The maximum absolute atomic E-state index is 9.00. The topological polar surface area (TPSA) is 238 Å². The van der Waals surface area contributed by atoms with Crippen LogP contribution in [-0.2, 0) is 33.9 Å². The quantitative estimate of drug-likeness (QED) is 0.382. The molecule has 0 radical (unpaired) electrons. The summed E-state index contributed by atoms with van der Waals surface area (Å²) in [7, 11) is 0. The summed E-state index contributed by atoms with van der Waals surface area (Å²) >= 11 is 0. The average Bonchev–Trinajstić information content (AvgIpc) is 1.54. The van der Waals surface area contributed by atoms with E-state index in [0.717, 1.165) is 20.8 Å². The maximum atomic E-state index is 9.00. The molecule has 0 aliphatic heterocycles. The molecule has 0 saturated carbocycles. The van der Waals surface area contributed by atoms with E-state index in [1.807, 2.05) is 0 Å². The van der Waals surface area contributed by atoms with Gasteiger partial charge in [0.2, 0.25) is 0 Å². The Morgan fingerprint density at radius 1 is 0.588 bits per heavy atom. The molecular weight excluding hydrogens is 333 g/mol. The number of carboxylic acid groups (broad SMARTS) is 3. The van der Waals surface area contributed by atoms with Crippen molar-refractivity contribution in [3.63, 3.8) is 0 Å². The molecule has 0 aromatic rings. The monoisotopic (exact) mass is 354 g/mol. The smallest absolute Gasteiger partial charge is 0.300 e. The number of carbonyl (C=O) groups is 3.